The van der Waals surface area contributed by atoms with Crippen LogP contribution in [0.15, 0.2) is 17.8 Å². The number of amides is 1. The highest BCUT2D eigenvalue weighted by atomic mass is 16.5. The first-order chi connectivity index (χ1) is 9.74. The van der Waals surface area contributed by atoms with Crippen LogP contribution in [0.4, 0.5) is 0 Å². The fraction of sp³-hybridized carbons (Fsp3) is 0.600. The van der Waals surface area contributed by atoms with E-state index in [2.05, 4.69) is 16.5 Å². The summed E-state index contributed by atoms with van der Waals surface area (Å²) in [5.74, 6) is -0.0450. The van der Waals surface area contributed by atoms with Crippen molar-refractivity contribution in [1.82, 2.24) is 15.1 Å². The number of hydrogen-bond donors (Lipinski definition) is 1. The second-order valence-corrected chi connectivity index (χ2v) is 5.54. The Morgan fingerprint density at radius 1 is 1.55 bits per heavy atom. The van der Waals surface area contributed by atoms with Crippen LogP contribution in [-0.2, 0) is 11.8 Å². The van der Waals surface area contributed by atoms with Crippen molar-refractivity contribution in [3.63, 3.8) is 0 Å². The van der Waals surface area contributed by atoms with Gasteiger partial charge in [-0.3, -0.25) is 9.48 Å². The van der Waals surface area contributed by atoms with E-state index in [4.69, 9.17) is 4.74 Å². The number of carbonyl (C=O) groups is 1. The number of aromatic nitrogens is 2. The van der Waals surface area contributed by atoms with Crippen LogP contribution in [0.25, 0.3) is 0 Å². The lowest BCUT2D eigenvalue weighted by Crippen LogP contribution is -2.26. The van der Waals surface area contributed by atoms with Gasteiger partial charge < -0.3 is 10.1 Å². The Hall–Kier alpha value is -1.62. The normalized spacial score (nSPS) is 22.1. The molecule has 0 saturated carbocycles. The first-order valence-electron chi connectivity index (χ1n) is 7.35. The van der Waals surface area contributed by atoms with Crippen LogP contribution < -0.4 is 5.32 Å². The monoisotopic (exact) mass is 275 g/mol. The number of carbonyl (C=O) groups excluding carboxylic acids is 1. The Kier molecular flexibility index (Phi) is 3.87. The van der Waals surface area contributed by atoms with Crippen LogP contribution >= 0.6 is 0 Å². The minimum atomic E-state index is -0.0450. The summed E-state index contributed by atoms with van der Waals surface area (Å²) in [6.45, 7) is 1.41. The Bertz CT molecular complexity index is 527. The average molecular weight is 275 g/mol. The minimum Gasteiger partial charge on any atom is -0.372 e. The van der Waals surface area contributed by atoms with E-state index in [1.165, 1.54) is 12.0 Å². The van der Waals surface area contributed by atoms with Crippen molar-refractivity contribution in [2.75, 3.05) is 13.2 Å². The largest absolute Gasteiger partial charge is 0.372 e. The number of nitrogens with one attached hydrogen (secondary N) is 1. The minimum absolute atomic E-state index is 0.0253. The predicted octanol–water partition coefficient (Wildman–Crippen LogP) is 2.11. The van der Waals surface area contributed by atoms with Crippen molar-refractivity contribution in [2.24, 2.45) is 7.05 Å². The van der Waals surface area contributed by atoms with Crippen LogP contribution in [0.1, 0.15) is 54.3 Å². The molecule has 1 aliphatic carbocycles. The maximum absolute atomic E-state index is 12.3. The summed E-state index contributed by atoms with van der Waals surface area (Å²) in [6, 6.07) is 0. The lowest BCUT2D eigenvalue weighted by molar-refractivity contribution is 0.0925. The second-order valence-electron chi connectivity index (χ2n) is 5.54. The quantitative estimate of drug-likeness (QED) is 0.856. The van der Waals surface area contributed by atoms with Crippen molar-refractivity contribution in [3.05, 3.63) is 29.1 Å². The summed E-state index contributed by atoms with van der Waals surface area (Å²) in [5, 5.41) is 7.41. The molecule has 1 N–H and O–H groups in total. The highest BCUT2D eigenvalue weighted by Gasteiger charge is 2.26. The first-order valence-corrected chi connectivity index (χ1v) is 7.35. The van der Waals surface area contributed by atoms with E-state index in [1.54, 1.807) is 10.9 Å². The smallest absolute Gasteiger partial charge is 0.255 e. The van der Waals surface area contributed by atoms with Gasteiger partial charge in [0.2, 0.25) is 0 Å². The van der Waals surface area contributed by atoms with E-state index in [0.717, 1.165) is 38.0 Å². The molecule has 1 atom stereocenters. The van der Waals surface area contributed by atoms with E-state index in [-0.39, 0.29) is 12.0 Å². The molecule has 5 heteroatoms. The standard InChI is InChI=1S/C15H21N3O2/c1-18-10-12(14(17-18)13-7-4-8-20-13)15(19)16-9-11-5-2-3-6-11/h5,10,13H,2-4,6-9H2,1H3,(H,16,19). The molecule has 1 saturated heterocycles. The molecule has 20 heavy (non-hydrogen) atoms. The Balaban J connectivity index is 1.70. The van der Waals surface area contributed by atoms with E-state index < -0.39 is 0 Å². The average Bonchev–Trinajstić information content (AvgIpc) is 3.16. The van der Waals surface area contributed by atoms with Gasteiger partial charge in [-0.15, -0.1) is 0 Å². The molecule has 1 aromatic rings. The van der Waals surface area contributed by atoms with Gasteiger partial charge in [-0.1, -0.05) is 11.6 Å². The zero-order chi connectivity index (χ0) is 13.9. The maximum Gasteiger partial charge on any atom is 0.255 e. The van der Waals surface area contributed by atoms with E-state index in [1.807, 2.05) is 7.05 Å². The topological polar surface area (TPSA) is 56.2 Å². The number of rotatable bonds is 4. The van der Waals surface area contributed by atoms with Gasteiger partial charge in [-0.25, -0.2) is 0 Å². The van der Waals surface area contributed by atoms with Gasteiger partial charge in [0, 0.05) is 26.4 Å². The van der Waals surface area contributed by atoms with Gasteiger partial charge in [-0.2, -0.15) is 5.10 Å². The lowest BCUT2D eigenvalue weighted by atomic mass is 10.1. The SMILES string of the molecule is Cn1cc(C(=O)NCC2=CCCC2)c(C2CCCO2)n1. The molecule has 3 rings (SSSR count). The summed E-state index contributed by atoms with van der Waals surface area (Å²) in [7, 11) is 1.84. The molecule has 0 aromatic carbocycles. The van der Waals surface area contributed by atoms with E-state index in [0.29, 0.717) is 12.1 Å². The zero-order valence-electron chi connectivity index (χ0n) is 11.9. The van der Waals surface area contributed by atoms with Crippen molar-refractivity contribution in [3.8, 4) is 0 Å². The molecule has 1 aliphatic heterocycles. The molecule has 5 nitrogen and oxygen atoms in total. The predicted molar refractivity (Wildman–Crippen MR) is 75.4 cm³/mol. The molecule has 0 radical (unpaired) electrons. The van der Waals surface area contributed by atoms with Crippen LogP contribution in [-0.4, -0.2) is 28.8 Å². The Morgan fingerprint density at radius 3 is 3.15 bits per heavy atom. The summed E-state index contributed by atoms with van der Waals surface area (Å²) >= 11 is 0. The molecular weight excluding hydrogens is 254 g/mol. The summed E-state index contributed by atoms with van der Waals surface area (Å²) < 4.78 is 7.35. The van der Waals surface area contributed by atoms with Crippen LogP contribution in [0.5, 0.6) is 0 Å². The molecule has 1 fully saturated rings. The van der Waals surface area contributed by atoms with Gasteiger partial charge in [0.05, 0.1) is 5.56 Å². The lowest BCUT2D eigenvalue weighted by Gasteiger charge is -2.09. The van der Waals surface area contributed by atoms with Crippen LogP contribution in [0, 0.1) is 0 Å². The van der Waals surface area contributed by atoms with Crippen molar-refractivity contribution < 1.29 is 9.53 Å². The van der Waals surface area contributed by atoms with E-state index in [9.17, 15) is 4.79 Å². The maximum atomic E-state index is 12.3. The molecule has 0 spiro atoms. The third kappa shape index (κ3) is 2.77. The Morgan fingerprint density at radius 2 is 2.45 bits per heavy atom. The molecule has 2 heterocycles. The van der Waals surface area contributed by atoms with Gasteiger partial charge in [0.25, 0.3) is 5.91 Å². The molecule has 1 unspecified atom stereocenters. The Labute approximate surface area is 119 Å². The number of aryl methyl sites for hydroxylation is 1. The molecular formula is C15H21N3O2. The summed E-state index contributed by atoms with van der Waals surface area (Å²) in [6.07, 6.45) is 9.42. The summed E-state index contributed by atoms with van der Waals surface area (Å²) in [5.41, 5.74) is 2.77. The molecule has 1 aromatic heterocycles. The van der Waals surface area contributed by atoms with Gasteiger partial charge in [0.15, 0.2) is 0 Å². The molecule has 1 amide bonds. The number of hydrogen-bond acceptors (Lipinski definition) is 3. The number of ether oxygens (including phenoxy) is 1. The summed E-state index contributed by atoms with van der Waals surface area (Å²) in [4.78, 5) is 12.3. The van der Waals surface area contributed by atoms with Crippen LogP contribution in [0.3, 0.4) is 0 Å². The molecule has 2 aliphatic rings. The zero-order valence-corrected chi connectivity index (χ0v) is 11.9. The fourth-order valence-electron chi connectivity index (χ4n) is 2.90. The molecule has 108 valence electrons. The van der Waals surface area contributed by atoms with Crippen LogP contribution in [0.2, 0.25) is 0 Å². The molecule has 0 bridgehead atoms. The van der Waals surface area contributed by atoms with Gasteiger partial charge in [-0.05, 0) is 32.1 Å². The highest BCUT2D eigenvalue weighted by molar-refractivity contribution is 5.95. The second kappa shape index (κ2) is 5.79. The van der Waals surface area contributed by atoms with Gasteiger partial charge in [0.1, 0.15) is 11.8 Å². The third-order valence-electron chi connectivity index (χ3n) is 3.95. The highest BCUT2D eigenvalue weighted by Crippen LogP contribution is 2.29. The third-order valence-corrected chi connectivity index (χ3v) is 3.95. The number of allylic oxidation sites excluding steroid dienone is 1. The number of nitrogens with zero attached hydrogens (tertiary/aromatic N) is 2. The van der Waals surface area contributed by atoms with Gasteiger partial charge >= 0.3 is 0 Å². The fourth-order valence-corrected chi connectivity index (χ4v) is 2.90. The van der Waals surface area contributed by atoms with E-state index >= 15 is 0 Å². The van der Waals surface area contributed by atoms with Crippen molar-refractivity contribution >= 4 is 5.91 Å². The van der Waals surface area contributed by atoms with Crippen molar-refractivity contribution in [2.45, 2.75) is 38.2 Å². The first kappa shape index (κ1) is 13.4. The van der Waals surface area contributed by atoms with Crippen molar-refractivity contribution in [1.29, 1.82) is 0 Å².